The number of rotatable bonds is 4. The molecule has 0 bridgehead atoms. The average molecular weight is 219 g/mol. The van der Waals surface area contributed by atoms with Crippen LogP contribution in [0.1, 0.15) is 31.5 Å². The number of aryl methyl sites for hydroxylation is 2. The number of hydrogen-bond donors (Lipinski definition) is 2. The number of nitrogens with zero attached hydrogens (tertiary/aromatic N) is 1. The van der Waals surface area contributed by atoms with Gasteiger partial charge in [-0.15, -0.1) is 0 Å². The van der Waals surface area contributed by atoms with Gasteiger partial charge < -0.3 is 11.1 Å². The molecule has 0 fully saturated rings. The van der Waals surface area contributed by atoms with E-state index in [1.165, 1.54) is 24.1 Å². The zero-order valence-corrected chi connectivity index (χ0v) is 10.2. The van der Waals surface area contributed by atoms with Crippen molar-refractivity contribution in [3.63, 3.8) is 0 Å². The third-order valence-corrected chi connectivity index (χ3v) is 3.23. The van der Waals surface area contributed by atoms with E-state index in [9.17, 15) is 0 Å². The molecule has 1 aliphatic carbocycles. The van der Waals surface area contributed by atoms with Gasteiger partial charge in [-0.05, 0) is 42.9 Å². The zero-order chi connectivity index (χ0) is 11.6. The Bertz CT molecular complexity index is 371. The molecule has 0 saturated carbocycles. The zero-order valence-electron chi connectivity index (χ0n) is 10.2. The molecule has 1 aromatic rings. The molecule has 88 valence electrons. The van der Waals surface area contributed by atoms with E-state index in [-0.39, 0.29) is 5.41 Å². The van der Waals surface area contributed by atoms with Crippen LogP contribution >= 0.6 is 0 Å². The summed E-state index contributed by atoms with van der Waals surface area (Å²) < 4.78 is 0. The molecule has 1 aliphatic rings. The number of hydrogen-bond acceptors (Lipinski definition) is 3. The number of pyridine rings is 1. The lowest BCUT2D eigenvalue weighted by Crippen LogP contribution is -2.31. The summed E-state index contributed by atoms with van der Waals surface area (Å²) in [4.78, 5) is 4.64. The summed E-state index contributed by atoms with van der Waals surface area (Å²) in [6.07, 6.45) is 3.57. The van der Waals surface area contributed by atoms with E-state index in [1.54, 1.807) is 0 Å². The summed E-state index contributed by atoms with van der Waals surface area (Å²) in [6, 6.07) is 4.28. The summed E-state index contributed by atoms with van der Waals surface area (Å²) in [5.74, 6) is 0.988. The van der Waals surface area contributed by atoms with Gasteiger partial charge in [-0.25, -0.2) is 4.98 Å². The van der Waals surface area contributed by atoms with Crippen molar-refractivity contribution in [2.75, 3.05) is 18.4 Å². The van der Waals surface area contributed by atoms with Crippen molar-refractivity contribution in [3.8, 4) is 0 Å². The van der Waals surface area contributed by atoms with E-state index in [4.69, 9.17) is 5.73 Å². The van der Waals surface area contributed by atoms with Gasteiger partial charge in [0.15, 0.2) is 0 Å². The standard InChI is InChI=1S/C13H21N3/c1-13(2,8-14)9-15-12-7-6-10-4-3-5-11(10)16-12/h6-7H,3-5,8-9,14H2,1-2H3,(H,15,16). The van der Waals surface area contributed by atoms with Crippen LogP contribution in [0.5, 0.6) is 0 Å². The summed E-state index contributed by atoms with van der Waals surface area (Å²) >= 11 is 0. The highest BCUT2D eigenvalue weighted by Crippen LogP contribution is 2.22. The van der Waals surface area contributed by atoms with Crippen LogP contribution in [0.15, 0.2) is 12.1 Å². The van der Waals surface area contributed by atoms with Crippen molar-refractivity contribution in [1.82, 2.24) is 4.98 Å². The molecule has 1 heterocycles. The lowest BCUT2D eigenvalue weighted by atomic mass is 9.94. The predicted octanol–water partition coefficient (Wildman–Crippen LogP) is 1.97. The van der Waals surface area contributed by atoms with Crippen LogP contribution < -0.4 is 11.1 Å². The van der Waals surface area contributed by atoms with Crippen LogP contribution in [-0.2, 0) is 12.8 Å². The summed E-state index contributed by atoms with van der Waals surface area (Å²) in [7, 11) is 0. The maximum absolute atomic E-state index is 5.70. The molecule has 0 spiro atoms. The number of nitrogens with one attached hydrogen (secondary N) is 1. The number of fused-ring (bicyclic) bond motifs is 1. The third-order valence-electron chi connectivity index (χ3n) is 3.23. The Balaban J connectivity index is 2.00. The highest BCUT2D eigenvalue weighted by atomic mass is 15.0. The van der Waals surface area contributed by atoms with Crippen molar-refractivity contribution < 1.29 is 0 Å². The van der Waals surface area contributed by atoms with Crippen LogP contribution in [0.2, 0.25) is 0 Å². The Labute approximate surface area is 97.5 Å². The van der Waals surface area contributed by atoms with Crippen molar-refractivity contribution in [2.24, 2.45) is 11.1 Å². The molecule has 0 atom stereocenters. The molecule has 0 aromatic carbocycles. The molecule has 3 N–H and O–H groups in total. The van der Waals surface area contributed by atoms with Crippen molar-refractivity contribution in [2.45, 2.75) is 33.1 Å². The molecule has 0 amide bonds. The van der Waals surface area contributed by atoms with Gasteiger partial charge in [0.1, 0.15) is 5.82 Å². The van der Waals surface area contributed by atoms with Crippen LogP contribution in [0, 0.1) is 5.41 Å². The first kappa shape index (κ1) is 11.4. The molecule has 0 unspecified atom stereocenters. The van der Waals surface area contributed by atoms with Gasteiger partial charge in [-0.1, -0.05) is 19.9 Å². The molecular formula is C13H21N3. The van der Waals surface area contributed by atoms with Gasteiger partial charge in [0.25, 0.3) is 0 Å². The second-order valence-electron chi connectivity index (χ2n) is 5.38. The van der Waals surface area contributed by atoms with Crippen LogP contribution in [0.3, 0.4) is 0 Å². The molecule has 3 heteroatoms. The quantitative estimate of drug-likeness (QED) is 0.814. The molecule has 1 aromatic heterocycles. The Kier molecular flexibility index (Phi) is 3.15. The Morgan fingerprint density at radius 2 is 2.19 bits per heavy atom. The molecule has 2 rings (SSSR count). The molecule has 0 radical (unpaired) electrons. The molecule has 0 saturated heterocycles. The monoisotopic (exact) mass is 219 g/mol. The first-order valence-corrected chi connectivity index (χ1v) is 6.03. The van der Waals surface area contributed by atoms with Crippen LogP contribution in [-0.4, -0.2) is 18.1 Å². The van der Waals surface area contributed by atoms with Crippen molar-refractivity contribution in [3.05, 3.63) is 23.4 Å². The number of anilines is 1. The lowest BCUT2D eigenvalue weighted by Gasteiger charge is -2.23. The second kappa shape index (κ2) is 4.42. The molecule has 0 aliphatic heterocycles. The third kappa shape index (κ3) is 2.53. The maximum atomic E-state index is 5.70. The maximum Gasteiger partial charge on any atom is 0.126 e. The predicted molar refractivity (Wildman–Crippen MR) is 67.6 cm³/mol. The van der Waals surface area contributed by atoms with Crippen molar-refractivity contribution >= 4 is 5.82 Å². The fourth-order valence-electron chi connectivity index (χ4n) is 1.92. The lowest BCUT2D eigenvalue weighted by molar-refractivity contribution is 0.405. The minimum atomic E-state index is 0.126. The second-order valence-corrected chi connectivity index (χ2v) is 5.38. The summed E-state index contributed by atoms with van der Waals surface area (Å²) in [6.45, 7) is 5.88. The van der Waals surface area contributed by atoms with Crippen LogP contribution in [0.4, 0.5) is 5.82 Å². The first-order valence-electron chi connectivity index (χ1n) is 6.03. The van der Waals surface area contributed by atoms with E-state index in [2.05, 4.69) is 36.3 Å². The SMILES string of the molecule is CC(C)(CN)CNc1ccc2c(n1)CCC2. The van der Waals surface area contributed by atoms with Gasteiger partial charge >= 0.3 is 0 Å². The largest absolute Gasteiger partial charge is 0.369 e. The highest BCUT2D eigenvalue weighted by molar-refractivity contribution is 5.40. The van der Waals surface area contributed by atoms with Gasteiger partial charge in [-0.3, -0.25) is 0 Å². The fraction of sp³-hybridized carbons (Fsp3) is 0.615. The van der Waals surface area contributed by atoms with Crippen molar-refractivity contribution in [1.29, 1.82) is 0 Å². The summed E-state index contributed by atoms with van der Waals surface area (Å²) in [5, 5.41) is 3.37. The minimum absolute atomic E-state index is 0.126. The molecule has 3 nitrogen and oxygen atoms in total. The van der Waals surface area contributed by atoms with Crippen LogP contribution in [0.25, 0.3) is 0 Å². The van der Waals surface area contributed by atoms with E-state index in [0.29, 0.717) is 6.54 Å². The van der Waals surface area contributed by atoms with E-state index in [1.807, 2.05) is 0 Å². The Morgan fingerprint density at radius 1 is 1.38 bits per heavy atom. The summed E-state index contributed by atoms with van der Waals surface area (Å²) in [5.41, 5.74) is 8.52. The number of aromatic nitrogens is 1. The van der Waals surface area contributed by atoms with Gasteiger partial charge in [0.2, 0.25) is 0 Å². The smallest absolute Gasteiger partial charge is 0.126 e. The van der Waals surface area contributed by atoms with Gasteiger partial charge in [-0.2, -0.15) is 0 Å². The van der Waals surface area contributed by atoms with Gasteiger partial charge in [0, 0.05) is 12.2 Å². The Morgan fingerprint density at radius 3 is 2.94 bits per heavy atom. The fourth-order valence-corrected chi connectivity index (χ4v) is 1.92. The first-order chi connectivity index (χ1) is 7.61. The van der Waals surface area contributed by atoms with E-state index in [0.717, 1.165) is 18.8 Å². The minimum Gasteiger partial charge on any atom is -0.369 e. The molecule has 16 heavy (non-hydrogen) atoms. The van der Waals surface area contributed by atoms with Gasteiger partial charge in [0.05, 0.1) is 0 Å². The average Bonchev–Trinajstić information content (AvgIpc) is 2.73. The van der Waals surface area contributed by atoms with E-state index >= 15 is 0 Å². The number of nitrogens with two attached hydrogens (primary N) is 1. The normalized spacial score (nSPS) is 14.9. The molecular weight excluding hydrogens is 198 g/mol. The topological polar surface area (TPSA) is 50.9 Å². The Hall–Kier alpha value is -1.09. The van der Waals surface area contributed by atoms with E-state index < -0.39 is 0 Å². The highest BCUT2D eigenvalue weighted by Gasteiger charge is 2.16.